The number of nitrogens with one attached hydrogen (secondary N) is 1. The minimum Gasteiger partial charge on any atom is -0.324 e. The average molecular weight is 299 g/mol. The summed E-state index contributed by atoms with van der Waals surface area (Å²) >= 11 is 3.32. The molecule has 0 aromatic carbocycles. The topological polar surface area (TPSA) is 62.3 Å². The molecule has 0 radical (unpaired) electrons. The maximum Gasteiger partial charge on any atom is 0.325 e. The van der Waals surface area contributed by atoms with Crippen molar-refractivity contribution in [3.05, 3.63) is 16.1 Å². The van der Waals surface area contributed by atoms with Crippen LogP contribution >= 0.6 is 23.1 Å². The third-order valence-electron chi connectivity index (χ3n) is 2.82. The number of hydrogen-bond donors (Lipinski definition) is 1. The van der Waals surface area contributed by atoms with Gasteiger partial charge in [-0.3, -0.25) is 9.69 Å². The lowest BCUT2D eigenvalue weighted by molar-refractivity contribution is -0.130. The number of thiazole rings is 1. The minimum atomic E-state index is -0.770. The number of amides is 3. The normalized spacial score (nSPS) is 17.9. The van der Waals surface area contributed by atoms with Crippen molar-refractivity contribution in [2.75, 3.05) is 12.3 Å². The highest BCUT2D eigenvalue weighted by Gasteiger charge is 2.43. The predicted octanol–water partition coefficient (Wildman–Crippen LogP) is 2.02. The zero-order chi connectivity index (χ0) is 14.0. The lowest BCUT2D eigenvalue weighted by atomic mass is 10.1. The largest absolute Gasteiger partial charge is 0.325 e. The fourth-order valence-corrected chi connectivity index (χ4v) is 3.36. The molecule has 3 amide bonds. The summed E-state index contributed by atoms with van der Waals surface area (Å²) < 4.78 is 0. The third kappa shape index (κ3) is 3.27. The van der Waals surface area contributed by atoms with Gasteiger partial charge in [-0.15, -0.1) is 11.3 Å². The molecule has 7 heteroatoms. The molecule has 1 aliphatic heterocycles. The molecule has 2 heterocycles. The van der Waals surface area contributed by atoms with Gasteiger partial charge in [-0.2, -0.15) is 11.8 Å². The molecule has 1 N–H and O–H groups in total. The summed E-state index contributed by atoms with van der Waals surface area (Å²) in [5.41, 5.74) is 0.290. The van der Waals surface area contributed by atoms with Crippen LogP contribution in [0, 0.1) is 6.92 Å². The van der Waals surface area contributed by atoms with Crippen LogP contribution in [-0.4, -0.2) is 39.7 Å². The number of aryl methyl sites for hydroxylation is 1. The van der Waals surface area contributed by atoms with Gasteiger partial charge in [0.2, 0.25) is 0 Å². The molecular weight excluding hydrogens is 282 g/mol. The SMILES string of the molecule is Cc1nc(CSCCN2C(=O)NC(C)(C)C2=O)cs1. The van der Waals surface area contributed by atoms with E-state index in [0.29, 0.717) is 6.54 Å². The Morgan fingerprint density at radius 3 is 2.74 bits per heavy atom. The zero-order valence-electron chi connectivity index (χ0n) is 11.2. The van der Waals surface area contributed by atoms with Gasteiger partial charge in [0.15, 0.2) is 0 Å². The van der Waals surface area contributed by atoms with Crippen molar-refractivity contribution < 1.29 is 9.59 Å². The molecule has 0 saturated carbocycles. The number of hydrogen-bond acceptors (Lipinski definition) is 5. The number of nitrogens with zero attached hydrogens (tertiary/aromatic N) is 2. The number of imide groups is 1. The molecule has 2 rings (SSSR count). The summed E-state index contributed by atoms with van der Waals surface area (Å²) in [6, 6.07) is -0.292. The molecule has 0 spiro atoms. The minimum absolute atomic E-state index is 0.150. The molecule has 1 fully saturated rings. The maximum atomic E-state index is 11.9. The molecule has 104 valence electrons. The Morgan fingerprint density at radius 1 is 1.47 bits per heavy atom. The fraction of sp³-hybridized carbons (Fsp3) is 0.583. The van der Waals surface area contributed by atoms with E-state index in [0.717, 1.165) is 22.2 Å². The second-order valence-electron chi connectivity index (χ2n) is 4.92. The van der Waals surface area contributed by atoms with Crippen LogP contribution in [0.5, 0.6) is 0 Å². The van der Waals surface area contributed by atoms with E-state index in [-0.39, 0.29) is 11.9 Å². The third-order valence-corrected chi connectivity index (χ3v) is 4.61. The molecule has 1 aromatic rings. The van der Waals surface area contributed by atoms with Crippen LogP contribution in [0.1, 0.15) is 24.5 Å². The van der Waals surface area contributed by atoms with Gasteiger partial charge in [0.05, 0.1) is 10.7 Å². The van der Waals surface area contributed by atoms with Crippen molar-refractivity contribution in [1.82, 2.24) is 15.2 Å². The Balaban J connectivity index is 1.77. The van der Waals surface area contributed by atoms with Crippen LogP contribution in [-0.2, 0) is 10.5 Å². The van der Waals surface area contributed by atoms with Gasteiger partial charge in [0.25, 0.3) is 5.91 Å². The molecule has 1 aromatic heterocycles. The van der Waals surface area contributed by atoms with E-state index in [4.69, 9.17) is 0 Å². The quantitative estimate of drug-likeness (QED) is 0.667. The molecule has 1 saturated heterocycles. The van der Waals surface area contributed by atoms with Gasteiger partial charge in [0, 0.05) is 23.4 Å². The van der Waals surface area contributed by atoms with Crippen molar-refractivity contribution in [2.45, 2.75) is 32.1 Å². The number of aromatic nitrogens is 1. The number of urea groups is 1. The van der Waals surface area contributed by atoms with Crippen molar-refractivity contribution in [1.29, 1.82) is 0 Å². The van der Waals surface area contributed by atoms with E-state index in [1.165, 1.54) is 4.90 Å². The maximum absolute atomic E-state index is 11.9. The van der Waals surface area contributed by atoms with Gasteiger partial charge < -0.3 is 5.32 Å². The van der Waals surface area contributed by atoms with Crippen LogP contribution in [0.3, 0.4) is 0 Å². The van der Waals surface area contributed by atoms with Crippen molar-refractivity contribution in [3.63, 3.8) is 0 Å². The van der Waals surface area contributed by atoms with Crippen molar-refractivity contribution in [3.8, 4) is 0 Å². The van der Waals surface area contributed by atoms with Gasteiger partial charge in [0.1, 0.15) is 5.54 Å². The average Bonchev–Trinajstić information content (AvgIpc) is 2.80. The Bertz CT molecular complexity index is 499. The van der Waals surface area contributed by atoms with Gasteiger partial charge >= 0.3 is 6.03 Å². The van der Waals surface area contributed by atoms with Crippen molar-refractivity contribution >= 4 is 35.0 Å². The molecule has 0 bridgehead atoms. The summed E-state index contributed by atoms with van der Waals surface area (Å²) in [7, 11) is 0. The first kappa shape index (κ1) is 14.3. The fourth-order valence-electron chi connectivity index (χ4n) is 1.83. The van der Waals surface area contributed by atoms with E-state index in [9.17, 15) is 9.59 Å². The Hall–Kier alpha value is -1.08. The highest BCUT2D eigenvalue weighted by atomic mass is 32.2. The lowest BCUT2D eigenvalue weighted by Crippen LogP contribution is -2.40. The summed E-state index contributed by atoms with van der Waals surface area (Å²) in [6.07, 6.45) is 0. The van der Waals surface area contributed by atoms with Crippen LogP contribution in [0.4, 0.5) is 4.79 Å². The van der Waals surface area contributed by atoms with Crippen LogP contribution < -0.4 is 5.32 Å². The van der Waals surface area contributed by atoms with Crippen LogP contribution in [0.15, 0.2) is 5.38 Å². The molecule has 0 aliphatic carbocycles. The Labute approximate surface area is 120 Å². The van der Waals surface area contributed by atoms with Crippen LogP contribution in [0.25, 0.3) is 0 Å². The summed E-state index contributed by atoms with van der Waals surface area (Å²) in [4.78, 5) is 29.2. The van der Waals surface area contributed by atoms with E-state index in [1.54, 1.807) is 36.9 Å². The molecule has 5 nitrogen and oxygen atoms in total. The van der Waals surface area contributed by atoms with E-state index in [1.807, 2.05) is 12.3 Å². The summed E-state index contributed by atoms with van der Waals surface area (Å²) in [5, 5.41) is 5.77. The number of carbonyl (C=O) groups excluding carboxylic acids is 2. The van der Waals surface area contributed by atoms with E-state index < -0.39 is 5.54 Å². The highest BCUT2D eigenvalue weighted by Crippen LogP contribution is 2.19. The number of thioether (sulfide) groups is 1. The number of carbonyl (C=O) groups is 2. The molecule has 1 aliphatic rings. The lowest BCUT2D eigenvalue weighted by Gasteiger charge is -2.15. The number of rotatable bonds is 5. The second-order valence-corrected chi connectivity index (χ2v) is 7.09. The Kier molecular flexibility index (Phi) is 4.15. The van der Waals surface area contributed by atoms with Crippen molar-refractivity contribution in [2.24, 2.45) is 0 Å². The van der Waals surface area contributed by atoms with Gasteiger partial charge in [-0.1, -0.05) is 0 Å². The zero-order valence-corrected chi connectivity index (χ0v) is 12.9. The Morgan fingerprint density at radius 2 is 2.21 bits per heavy atom. The van der Waals surface area contributed by atoms with E-state index >= 15 is 0 Å². The van der Waals surface area contributed by atoms with E-state index in [2.05, 4.69) is 10.3 Å². The van der Waals surface area contributed by atoms with Gasteiger partial charge in [-0.05, 0) is 20.8 Å². The van der Waals surface area contributed by atoms with Crippen LogP contribution in [0.2, 0.25) is 0 Å². The standard InChI is InChI=1S/C12H17N3O2S2/c1-8-13-9(7-19-8)6-18-5-4-15-10(16)12(2,3)14-11(15)17/h7H,4-6H2,1-3H3,(H,14,17). The molecular formula is C12H17N3O2S2. The smallest absolute Gasteiger partial charge is 0.324 e. The monoisotopic (exact) mass is 299 g/mol. The highest BCUT2D eigenvalue weighted by molar-refractivity contribution is 7.98. The first-order chi connectivity index (χ1) is 8.90. The molecule has 0 unspecified atom stereocenters. The van der Waals surface area contributed by atoms with Gasteiger partial charge in [-0.25, -0.2) is 9.78 Å². The molecule has 0 atom stereocenters. The first-order valence-corrected chi connectivity index (χ1v) is 8.06. The summed E-state index contributed by atoms with van der Waals surface area (Å²) in [5.74, 6) is 1.39. The predicted molar refractivity (Wildman–Crippen MR) is 77.3 cm³/mol. The molecule has 19 heavy (non-hydrogen) atoms. The summed E-state index contributed by atoms with van der Waals surface area (Å²) in [6.45, 7) is 5.87. The first-order valence-electron chi connectivity index (χ1n) is 6.03. The second kappa shape index (κ2) is 5.50.